The summed E-state index contributed by atoms with van der Waals surface area (Å²) >= 11 is 0. The molecule has 74 valence electrons. The maximum atomic E-state index is 10.5. The Kier molecular flexibility index (Phi) is 5.88. The molecule has 0 rings (SSSR count). The Labute approximate surface area is 78.5 Å². The first-order chi connectivity index (χ1) is 5.45. The van der Waals surface area contributed by atoms with Gasteiger partial charge >= 0.3 is 0 Å². The molecule has 0 saturated carbocycles. The molecule has 0 aromatic heterocycles. The van der Waals surface area contributed by atoms with Crippen LogP contribution in [0, 0.1) is 0 Å². The fourth-order valence-electron chi connectivity index (χ4n) is 0.634. The normalized spacial score (nSPS) is 14.6. The standard InChI is InChI=1S/C7H15ClO3S/c1-3-7(2)11-5-4-6-12(8,9)10/h7H,3-6H2,1-2H3. The van der Waals surface area contributed by atoms with Gasteiger partial charge in [0.2, 0.25) is 9.05 Å². The monoisotopic (exact) mass is 214 g/mol. The Balaban J connectivity index is 3.34. The summed E-state index contributed by atoms with van der Waals surface area (Å²) in [7, 11) is 1.66. The number of ether oxygens (including phenoxy) is 1. The third kappa shape index (κ3) is 8.30. The van der Waals surface area contributed by atoms with E-state index in [0.717, 1.165) is 6.42 Å². The second-order valence-corrected chi connectivity index (χ2v) is 5.58. The molecule has 5 heteroatoms. The lowest BCUT2D eigenvalue weighted by Crippen LogP contribution is -2.10. The molecule has 0 heterocycles. The Bertz CT molecular complexity index is 201. The van der Waals surface area contributed by atoms with Crippen LogP contribution in [0.3, 0.4) is 0 Å². The van der Waals surface area contributed by atoms with E-state index in [2.05, 4.69) is 0 Å². The summed E-state index contributed by atoms with van der Waals surface area (Å²) < 4.78 is 26.2. The van der Waals surface area contributed by atoms with Crippen LogP contribution < -0.4 is 0 Å². The van der Waals surface area contributed by atoms with Crippen molar-refractivity contribution in [1.82, 2.24) is 0 Å². The molecule has 0 aliphatic rings. The zero-order valence-corrected chi connectivity index (χ0v) is 8.99. The summed E-state index contributed by atoms with van der Waals surface area (Å²) in [5.74, 6) is -0.00894. The molecule has 0 spiro atoms. The van der Waals surface area contributed by atoms with E-state index in [1.807, 2.05) is 13.8 Å². The molecule has 0 fully saturated rings. The van der Waals surface area contributed by atoms with Gasteiger partial charge < -0.3 is 4.74 Å². The zero-order valence-electron chi connectivity index (χ0n) is 7.42. The molecular weight excluding hydrogens is 200 g/mol. The van der Waals surface area contributed by atoms with Crippen molar-refractivity contribution in [2.24, 2.45) is 0 Å². The average molecular weight is 215 g/mol. The van der Waals surface area contributed by atoms with E-state index in [1.54, 1.807) is 0 Å². The van der Waals surface area contributed by atoms with E-state index in [9.17, 15) is 8.42 Å². The van der Waals surface area contributed by atoms with Gasteiger partial charge in [-0.25, -0.2) is 8.42 Å². The number of hydrogen-bond acceptors (Lipinski definition) is 3. The van der Waals surface area contributed by atoms with Crippen LogP contribution in [0.2, 0.25) is 0 Å². The maximum absolute atomic E-state index is 10.5. The highest BCUT2D eigenvalue weighted by molar-refractivity contribution is 8.13. The lowest BCUT2D eigenvalue weighted by molar-refractivity contribution is 0.0645. The zero-order chi connectivity index (χ0) is 9.61. The smallest absolute Gasteiger partial charge is 0.232 e. The number of rotatable bonds is 6. The van der Waals surface area contributed by atoms with Crippen LogP contribution in [0.5, 0.6) is 0 Å². The topological polar surface area (TPSA) is 43.4 Å². The molecule has 0 radical (unpaired) electrons. The van der Waals surface area contributed by atoms with E-state index >= 15 is 0 Å². The molecule has 0 aromatic rings. The molecule has 3 nitrogen and oxygen atoms in total. The molecular formula is C7H15ClO3S. The van der Waals surface area contributed by atoms with Crippen molar-refractivity contribution in [3.05, 3.63) is 0 Å². The van der Waals surface area contributed by atoms with Crippen LogP contribution in [-0.4, -0.2) is 26.9 Å². The lowest BCUT2D eigenvalue weighted by atomic mass is 10.3. The minimum absolute atomic E-state index is 0.00894. The molecule has 0 aromatic carbocycles. The Morgan fingerprint density at radius 3 is 2.50 bits per heavy atom. The van der Waals surface area contributed by atoms with Crippen LogP contribution in [0.25, 0.3) is 0 Å². The summed E-state index contributed by atoms with van der Waals surface area (Å²) in [6.45, 7) is 4.43. The molecule has 1 unspecified atom stereocenters. The predicted molar refractivity (Wildman–Crippen MR) is 50.0 cm³/mol. The van der Waals surface area contributed by atoms with E-state index in [0.29, 0.717) is 13.0 Å². The highest BCUT2D eigenvalue weighted by Gasteiger charge is 2.05. The van der Waals surface area contributed by atoms with Crippen molar-refractivity contribution >= 4 is 19.7 Å². The van der Waals surface area contributed by atoms with E-state index in [1.165, 1.54) is 0 Å². The van der Waals surface area contributed by atoms with Gasteiger partial charge in [0.05, 0.1) is 11.9 Å². The lowest BCUT2D eigenvalue weighted by Gasteiger charge is -2.08. The second-order valence-electron chi connectivity index (χ2n) is 2.69. The van der Waals surface area contributed by atoms with E-state index < -0.39 is 9.05 Å². The van der Waals surface area contributed by atoms with Gasteiger partial charge in [-0.05, 0) is 19.8 Å². The van der Waals surface area contributed by atoms with Gasteiger partial charge in [0.1, 0.15) is 0 Å². The molecule has 0 bridgehead atoms. The fraction of sp³-hybridized carbons (Fsp3) is 1.00. The third-order valence-electron chi connectivity index (χ3n) is 1.51. The number of hydrogen-bond donors (Lipinski definition) is 0. The molecule has 0 aliphatic heterocycles. The summed E-state index contributed by atoms with van der Waals surface area (Å²) in [4.78, 5) is 0. The van der Waals surface area contributed by atoms with Crippen molar-refractivity contribution in [3.8, 4) is 0 Å². The molecule has 12 heavy (non-hydrogen) atoms. The predicted octanol–water partition coefficient (Wildman–Crippen LogP) is 1.76. The molecule has 1 atom stereocenters. The fourth-order valence-corrected chi connectivity index (χ4v) is 1.42. The first-order valence-corrected chi connectivity index (χ1v) is 6.47. The third-order valence-corrected chi connectivity index (χ3v) is 2.75. The number of halogens is 1. The maximum Gasteiger partial charge on any atom is 0.232 e. The molecule has 0 N–H and O–H groups in total. The van der Waals surface area contributed by atoms with Gasteiger partial charge in [-0.3, -0.25) is 0 Å². The summed E-state index contributed by atoms with van der Waals surface area (Å²) in [6.07, 6.45) is 1.60. The van der Waals surface area contributed by atoms with Gasteiger partial charge in [0.15, 0.2) is 0 Å². The van der Waals surface area contributed by atoms with Crippen LogP contribution in [-0.2, 0) is 13.8 Å². The van der Waals surface area contributed by atoms with Gasteiger partial charge in [0.25, 0.3) is 0 Å². The second kappa shape index (κ2) is 5.78. The Morgan fingerprint density at radius 2 is 2.08 bits per heavy atom. The van der Waals surface area contributed by atoms with Crippen LogP contribution in [0.4, 0.5) is 0 Å². The van der Waals surface area contributed by atoms with Crippen molar-refractivity contribution in [3.63, 3.8) is 0 Å². The highest BCUT2D eigenvalue weighted by Crippen LogP contribution is 2.01. The first kappa shape index (κ1) is 12.2. The largest absolute Gasteiger partial charge is 0.378 e. The van der Waals surface area contributed by atoms with Gasteiger partial charge in [0, 0.05) is 17.3 Å². The van der Waals surface area contributed by atoms with Crippen molar-refractivity contribution in [2.45, 2.75) is 32.8 Å². The summed E-state index contributed by atoms with van der Waals surface area (Å²) in [5.41, 5.74) is 0. The molecule has 0 saturated heterocycles. The summed E-state index contributed by atoms with van der Waals surface area (Å²) in [6, 6.07) is 0. The SMILES string of the molecule is CCC(C)OCCCS(=O)(=O)Cl. The van der Waals surface area contributed by atoms with Gasteiger partial charge in [-0.1, -0.05) is 6.92 Å². The van der Waals surface area contributed by atoms with Gasteiger partial charge in [-0.15, -0.1) is 0 Å². The summed E-state index contributed by atoms with van der Waals surface area (Å²) in [5, 5.41) is 0. The first-order valence-electron chi connectivity index (χ1n) is 3.99. The van der Waals surface area contributed by atoms with Crippen LogP contribution >= 0.6 is 10.7 Å². The Hall–Kier alpha value is 0.200. The van der Waals surface area contributed by atoms with Crippen LogP contribution in [0.15, 0.2) is 0 Å². The molecule has 0 aliphatic carbocycles. The quantitative estimate of drug-likeness (QED) is 0.500. The van der Waals surface area contributed by atoms with Crippen molar-refractivity contribution in [2.75, 3.05) is 12.4 Å². The minimum Gasteiger partial charge on any atom is -0.378 e. The van der Waals surface area contributed by atoms with E-state index in [-0.39, 0.29) is 11.9 Å². The minimum atomic E-state index is -3.34. The van der Waals surface area contributed by atoms with Gasteiger partial charge in [-0.2, -0.15) is 0 Å². The molecule has 0 amide bonds. The van der Waals surface area contributed by atoms with E-state index in [4.69, 9.17) is 15.4 Å². The van der Waals surface area contributed by atoms with Crippen molar-refractivity contribution in [1.29, 1.82) is 0 Å². The van der Waals surface area contributed by atoms with Crippen LogP contribution in [0.1, 0.15) is 26.7 Å². The Morgan fingerprint density at radius 1 is 1.50 bits per heavy atom. The average Bonchev–Trinajstić information content (AvgIpc) is 1.96. The van der Waals surface area contributed by atoms with Crippen molar-refractivity contribution < 1.29 is 13.2 Å². The highest BCUT2D eigenvalue weighted by atomic mass is 35.7.